The van der Waals surface area contributed by atoms with Gasteiger partial charge >= 0.3 is 0 Å². The lowest BCUT2D eigenvalue weighted by atomic mass is 10.1. The van der Waals surface area contributed by atoms with Crippen LogP contribution < -0.4 is 21.6 Å². The molecule has 18 heteroatoms. The highest BCUT2D eigenvalue weighted by Crippen LogP contribution is 2.49. The molecule has 0 radical (unpaired) electrons. The molecule has 0 aliphatic carbocycles. The first-order chi connectivity index (χ1) is 32.0. The summed E-state index contributed by atoms with van der Waals surface area (Å²) in [6, 6.07) is 19.5. The smallest absolute Gasteiger partial charge is 0.206 e. The van der Waals surface area contributed by atoms with Crippen LogP contribution in [0.1, 0.15) is 0 Å². The van der Waals surface area contributed by atoms with Crippen molar-refractivity contribution in [3.63, 3.8) is 0 Å². The molecule has 0 saturated carbocycles. The molecule has 12 rings (SSSR count). The maximum atomic E-state index is 13.9. The molecule has 0 amide bonds. The largest absolute Gasteiger partial charge is 0.288 e. The van der Waals surface area contributed by atoms with Crippen LogP contribution in [0.15, 0.2) is 97.1 Å². The SMILES string of the molecule is C[SiH](C)C.C[Si](C)(C)N=C=N.O=c1c2cc(F)ccc2c2c1sc1c2sc2c(=O)c3cc(F)ccc3c21.[C-]#[N+]/N=c1\c2cc(F)ccc2c2c1sc1c2sc2c(=NC#N)c3cc(F)ccc3c21. The van der Waals surface area contributed by atoms with Gasteiger partial charge in [-0.25, -0.2) is 23.0 Å². The second-order valence-corrected chi connectivity index (χ2v) is 29.3. The molecule has 8 aromatic carbocycles. The molecule has 0 spiro atoms. The van der Waals surface area contributed by atoms with E-state index in [0.717, 1.165) is 60.5 Å². The van der Waals surface area contributed by atoms with Crippen molar-refractivity contribution in [2.24, 2.45) is 14.8 Å². The molecule has 0 bridgehead atoms. The molecule has 330 valence electrons. The Morgan fingerprint density at radius 3 is 1.24 bits per heavy atom. The number of halogens is 4. The van der Waals surface area contributed by atoms with E-state index in [1.807, 2.05) is 12.2 Å². The lowest BCUT2D eigenvalue weighted by molar-refractivity contribution is 0.629. The first-order valence-corrected chi connectivity index (χ1v) is 30.7. The van der Waals surface area contributed by atoms with Crippen LogP contribution in [0.5, 0.6) is 0 Å². The summed E-state index contributed by atoms with van der Waals surface area (Å²) in [5, 5.41) is 29.0. The van der Waals surface area contributed by atoms with Gasteiger partial charge in [0.05, 0.1) is 48.7 Å². The van der Waals surface area contributed by atoms with Crippen LogP contribution in [0.3, 0.4) is 0 Å². The fourth-order valence-corrected chi connectivity index (χ4v) is 14.3. The van der Waals surface area contributed by atoms with E-state index in [0.29, 0.717) is 52.4 Å². The molecule has 0 aliphatic rings. The zero-order valence-electron chi connectivity index (χ0n) is 36.2. The minimum Gasteiger partial charge on any atom is -0.288 e. The van der Waals surface area contributed by atoms with Crippen LogP contribution in [0.4, 0.5) is 17.6 Å². The van der Waals surface area contributed by atoms with Crippen molar-refractivity contribution >= 4 is 171 Å². The molecule has 0 atom stereocenters. The number of thiophene rings is 4. The number of nitriles is 1. The Kier molecular flexibility index (Phi) is 11.7. The van der Waals surface area contributed by atoms with E-state index in [1.165, 1.54) is 93.9 Å². The molecular weight excluding hydrogens is 965 g/mol. The van der Waals surface area contributed by atoms with Gasteiger partial charge in [-0.15, -0.1) is 50.3 Å². The van der Waals surface area contributed by atoms with Crippen molar-refractivity contribution in [2.75, 3.05) is 0 Å². The van der Waals surface area contributed by atoms with Crippen LogP contribution in [0.25, 0.3) is 107 Å². The van der Waals surface area contributed by atoms with Gasteiger partial charge in [0.25, 0.3) is 0 Å². The minimum atomic E-state index is -1.33. The Labute approximate surface area is 395 Å². The van der Waals surface area contributed by atoms with E-state index in [-0.39, 0.29) is 31.3 Å². The fourth-order valence-electron chi connectivity index (χ4n) is 8.17. The monoisotopic (exact) mass is 996 g/mol. The van der Waals surface area contributed by atoms with Gasteiger partial charge in [-0.05, 0) is 89.7 Å². The van der Waals surface area contributed by atoms with Crippen LogP contribution in [0, 0.1) is 46.7 Å². The van der Waals surface area contributed by atoms with E-state index in [2.05, 4.69) is 59.0 Å². The van der Waals surface area contributed by atoms with Crippen molar-refractivity contribution in [1.29, 1.82) is 10.7 Å². The Bertz CT molecular complexity index is 4140. The second-order valence-electron chi connectivity index (χ2n) is 17.2. The third-order valence-corrected chi connectivity index (χ3v) is 16.5. The summed E-state index contributed by atoms with van der Waals surface area (Å²) in [5.74, 6) is -1.65. The summed E-state index contributed by atoms with van der Waals surface area (Å²) < 4.78 is 65.2. The van der Waals surface area contributed by atoms with E-state index < -0.39 is 19.9 Å². The third-order valence-electron chi connectivity index (χ3n) is 10.6. The van der Waals surface area contributed by atoms with Gasteiger partial charge in [0, 0.05) is 51.9 Å². The molecule has 0 aliphatic heterocycles. The van der Waals surface area contributed by atoms with Gasteiger partial charge in [0.1, 0.15) is 28.6 Å². The molecule has 8 nitrogen and oxygen atoms in total. The van der Waals surface area contributed by atoms with E-state index >= 15 is 0 Å². The van der Waals surface area contributed by atoms with Gasteiger partial charge < -0.3 is 0 Å². The predicted molar refractivity (Wildman–Crippen MR) is 278 cm³/mol. The highest BCUT2D eigenvalue weighted by molar-refractivity contribution is 7.37. The molecule has 1 N–H and O–H groups in total. The van der Waals surface area contributed by atoms with Gasteiger partial charge in [0.2, 0.25) is 17.1 Å². The molecular formula is C49H32F4N6O2S4Si2. The predicted octanol–water partition coefficient (Wildman–Crippen LogP) is 14.0. The lowest BCUT2D eigenvalue weighted by Gasteiger charge is -2.02. The van der Waals surface area contributed by atoms with Crippen LogP contribution in [0.2, 0.25) is 39.3 Å². The maximum absolute atomic E-state index is 13.9. The third kappa shape index (κ3) is 7.70. The fraction of sp³-hybridized carbons (Fsp3) is 0.122. The van der Waals surface area contributed by atoms with Crippen LogP contribution in [-0.4, -0.2) is 23.0 Å². The number of hydrogen-bond donors (Lipinski definition) is 1. The molecule has 12 aromatic rings. The number of nitrogens with zero attached hydrogens (tertiary/aromatic N) is 5. The van der Waals surface area contributed by atoms with Gasteiger partial charge in [-0.3, -0.25) is 14.2 Å². The number of fused-ring (bicyclic) bond motifs is 18. The Morgan fingerprint density at radius 2 is 0.896 bits per heavy atom. The number of benzene rings is 4. The Morgan fingerprint density at radius 1 is 0.567 bits per heavy atom. The van der Waals surface area contributed by atoms with Gasteiger partial charge in [0.15, 0.2) is 13.6 Å². The summed E-state index contributed by atoms with van der Waals surface area (Å²) in [6.07, 6.45) is 1.83. The van der Waals surface area contributed by atoms with Crippen molar-refractivity contribution in [2.45, 2.75) is 39.3 Å². The lowest BCUT2D eigenvalue weighted by Crippen LogP contribution is -2.14. The second kappa shape index (κ2) is 17.2. The van der Waals surface area contributed by atoms with E-state index in [9.17, 15) is 32.4 Å². The van der Waals surface area contributed by atoms with Crippen molar-refractivity contribution in [1.82, 2.24) is 0 Å². The van der Waals surface area contributed by atoms with Crippen molar-refractivity contribution in [3.05, 3.63) is 139 Å². The summed E-state index contributed by atoms with van der Waals surface area (Å²) in [5.41, 5.74) is -0.361. The Balaban J connectivity index is 0.000000139. The average molecular weight is 997 g/mol. The van der Waals surface area contributed by atoms with Crippen molar-refractivity contribution in [3.8, 4) is 6.19 Å². The summed E-state index contributed by atoms with van der Waals surface area (Å²) in [4.78, 5) is 32.5. The molecule has 4 heterocycles. The van der Waals surface area contributed by atoms with Gasteiger partial charge in [-0.2, -0.15) is 16.8 Å². The van der Waals surface area contributed by atoms with Crippen LogP contribution in [-0.2, 0) is 0 Å². The minimum absolute atomic E-state index is 0.139. The summed E-state index contributed by atoms with van der Waals surface area (Å²) in [7, 11) is -1.47. The summed E-state index contributed by atoms with van der Waals surface area (Å²) >= 11 is 5.62. The normalized spacial score (nSPS) is 12.4. The number of nitrogens with one attached hydrogen (secondary N) is 1. The van der Waals surface area contributed by atoms with Crippen LogP contribution >= 0.6 is 45.3 Å². The van der Waals surface area contributed by atoms with E-state index in [1.54, 1.807) is 24.3 Å². The summed E-state index contributed by atoms with van der Waals surface area (Å²) in [6.45, 7) is 20.3. The first kappa shape index (κ1) is 45.5. The average Bonchev–Trinajstić information content (AvgIpc) is 4.14. The molecule has 0 unspecified atom stereocenters. The van der Waals surface area contributed by atoms with E-state index in [4.69, 9.17) is 12.0 Å². The Hall–Kier alpha value is -6.61. The number of hydrogen-bond acceptors (Lipinski definition) is 11. The quantitative estimate of drug-likeness (QED) is 0.0440. The highest BCUT2D eigenvalue weighted by atomic mass is 32.1. The molecule has 0 saturated heterocycles. The maximum Gasteiger partial charge on any atom is 0.206 e. The van der Waals surface area contributed by atoms with Gasteiger partial charge in [-0.1, -0.05) is 43.9 Å². The highest BCUT2D eigenvalue weighted by Gasteiger charge is 2.25. The number of rotatable bonds is 1. The first-order valence-electron chi connectivity index (χ1n) is 20.5. The molecule has 67 heavy (non-hydrogen) atoms. The topological polar surface area (TPSA) is 123 Å². The zero-order valence-corrected chi connectivity index (χ0v) is 41.6. The molecule has 4 aromatic heterocycles. The zero-order chi connectivity index (χ0) is 47.8. The standard InChI is InChI=1S/C22H6F2N4S2.C20H6F2O2S2.C4H10N2Si.C3H10Si/c1-26-28-18-14-7-10(24)3-5-12(14)16-20(18)30-21-15-11-4-2-9(23)6-13(11)17(27-8-25)19(15)29-22(16)21;21-7-1-3-9-11(5-7)15(23)17-13(9)19-20(25-17)14-10-4-2-8(22)6-12(10)16(24)18(14)26-19;1-7(2,3)6-4-5;1-4(2)3/h2-7H;1-6H;5H,1-3H3;4H,1-3H3/b27-17?,28-18+;;;. The molecule has 0 fully saturated rings. The van der Waals surface area contributed by atoms with Crippen molar-refractivity contribution < 1.29 is 17.6 Å².